The second-order valence-electron chi connectivity index (χ2n) is 4.37. The van der Waals surface area contributed by atoms with Crippen molar-refractivity contribution in [3.05, 3.63) is 34.4 Å². The Hall–Kier alpha value is -0.420. The number of halogens is 4. The maximum absolute atomic E-state index is 13.7. The van der Waals surface area contributed by atoms with E-state index in [-0.39, 0.29) is 28.9 Å². The van der Waals surface area contributed by atoms with Gasteiger partial charge in [0, 0.05) is 11.6 Å². The van der Waals surface area contributed by atoms with Gasteiger partial charge in [-0.05, 0) is 44.0 Å². The standard InChI is InChI=1S/C12H15ClF2N2.ClH/c13-11-9(15)2-1-8(14)10(11)12(16)7-3-5-17-6-4-7;/h1-2,7,12,17H,3-6,16H2;1H/t12-;/m1./s1. The maximum Gasteiger partial charge on any atom is 0.142 e. The van der Waals surface area contributed by atoms with Gasteiger partial charge in [-0.15, -0.1) is 12.4 Å². The summed E-state index contributed by atoms with van der Waals surface area (Å²) in [6.45, 7) is 1.71. The summed E-state index contributed by atoms with van der Waals surface area (Å²) in [5, 5.41) is 3.02. The molecule has 0 amide bonds. The molecule has 0 radical (unpaired) electrons. The molecule has 0 bridgehead atoms. The lowest BCUT2D eigenvalue weighted by Gasteiger charge is -2.29. The summed E-state index contributed by atoms with van der Waals surface area (Å²) in [6.07, 6.45) is 1.71. The smallest absolute Gasteiger partial charge is 0.142 e. The lowest BCUT2D eigenvalue weighted by Crippen LogP contribution is -2.34. The van der Waals surface area contributed by atoms with Crippen LogP contribution in [0.4, 0.5) is 8.78 Å². The molecule has 1 heterocycles. The molecule has 1 aromatic carbocycles. The van der Waals surface area contributed by atoms with Crippen LogP contribution in [0, 0.1) is 17.6 Å². The highest BCUT2D eigenvalue weighted by atomic mass is 35.5. The van der Waals surface area contributed by atoms with Gasteiger partial charge >= 0.3 is 0 Å². The van der Waals surface area contributed by atoms with E-state index in [0.29, 0.717) is 0 Å². The van der Waals surface area contributed by atoms with Crippen molar-refractivity contribution in [2.45, 2.75) is 18.9 Å². The topological polar surface area (TPSA) is 38.0 Å². The lowest BCUT2D eigenvalue weighted by molar-refractivity contribution is 0.316. The Morgan fingerprint density at radius 3 is 2.39 bits per heavy atom. The first-order valence-corrected chi connectivity index (χ1v) is 6.08. The van der Waals surface area contributed by atoms with E-state index in [4.69, 9.17) is 17.3 Å². The average molecular weight is 297 g/mol. The van der Waals surface area contributed by atoms with E-state index < -0.39 is 17.7 Å². The molecule has 0 aromatic heterocycles. The van der Waals surface area contributed by atoms with Gasteiger partial charge in [-0.1, -0.05) is 11.6 Å². The molecular weight excluding hydrogens is 281 g/mol. The second kappa shape index (κ2) is 6.66. The van der Waals surface area contributed by atoms with E-state index in [1.54, 1.807) is 0 Å². The van der Waals surface area contributed by atoms with Crippen LogP contribution >= 0.6 is 24.0 Å². The maximum atomic E-state index is 13.7. The van der Waals surface area contributed by atoms with Crippen molar-refractivity contribution < 1.29 is 8.78 Å². The zero-order valence-electron chi connectivity index (χ0n) is 9.76. The van der Waals surface area contributed by atoms with E-state index in [1.165, 1.54) is 0 Å². The molecule has 0 unspecified atom stereocenters. The van der Waals surface area contributed by atoms with Crippen molar-refractivity contribution in [1.82, 2.24) is 5.32 Å². The molecule has 1 aliphatic rings. The molecule has 1 saturated heterocycles. The predicted octanol–water partition coefficient (Wildman–Crippen LogP) is 3.04. The molecule has 1 atom stereocenters. The molecule has 18 heavy (non-hydrogen) atoms. The van der Waals surface area contributed by atoms with Crippen LogP contribution in [0.5, 0.6) is 0 Å². The van der Waals surface area contributed by atoms with Crippen molar-refractivity contribution in [3.63, 3.8) is 0 Å². The number of nitrogens with one attached hydrogen (secondary N) is 1. The highest BCUT2D eigenvalue weighted by Gasteiger charge is 2.27. The molecule has 2 rings (SSSR count). The third kappa shape index (κ3) is 3.12. The molecule has 0 saturated carbocycles. The molecule has 2 nitrogen and oxygen atoms in total. The minimum Gasteiger partial charge on any atom is -0.324 e. The van der Waals surface area contributed by atoms with Crippen molar-refractivity contribution >= 4 is 24.0 Å². The third-order valence-corrected chi connectivity index (χ3v) is 3.69. The van der Waals surface area contributed by atoms with Gasteiger partial charge in [0.15, 0.2) is 0 Å². The lowest BCUT2D eigenvalue weighted by atomic mass is 9.86. The van der Waals surface area contributed by atoms with Crippen LogP contribution in [0.25, 0.3) is 0 Å². The molecule has 3 N–H and O–H groups in total. The predicted molar refractivity (Wildman–Crippen MR) is 71.1 cm³/mol. The molecule has 1 fully saturated rings. The number of nitrogens with two attached hydrogens (primary N) is 1. The fourth-order valence-electron chi connectivity index (χ4n) is 2.29. The van der Waals surface area contributed by atoms with E-state index in [1.807, 2.05) is 0 Å². The van der Waals surface area contributed by atoms with Gasteiger partial charge < -0.3 is 11.1 Å². The molecule has 1 aromatic rings. The summed E-state index contributed by atoms with van der Waals surface area (Å²) in [6, 6.07) is 1.56. The number of rotatable bonds is 2. The summed E-state index contributed by atoms with van der Waals surface area (Å²) >= 11 is 5.80. The Morgan fingerprint density at radius 1 is 1.22 bits per heavy atom. The molecule has 0 aliphatic carbocycles. The van der Waals surface area contributed by atoms with Crippen molar-refractivity contribution in [2.24, 2.45) is 11.7 Å². The normalized spacial score (nSPS) is 18.2. The third-order valence-electron chi connectivity index (χ3n) is 3.30. The van der Waals surface area contributed by atoms with E-state index in [9.17, 15) is 8.78 Å². The quantitative estimate of drug-likeness (QED) is 0.823. The van der Waals surface area contributed by atoms with Gasteiger partial charge in [-0.3, -0.25) is 0 Å². The molecule has 1 aliphatic heterocycles. The zero-order valence-corrected chi connectivity index (χ0v) is 11.3. The van der Waals surface area contributed by atoms with Crippen LogP contribution in [-0.4, -0.2) is 13.1 Å². The van der Waals surface area contributed by atoms with Crippen LogP contribution in [0.2, 0.25) is 5.02 Å². The first kappa shape index (κ1) is 15.6. The Morgan fingerprint density at radius 2 is 1.78 bits per heavy atom. The van der Waals surface area contributed by atoms with E-state index in [2.05, 4.69) is 5.32 Å². The van der Waals surface area contributed by atoms with Crippen molar-refractivity contribution in [2.75, 3.05) is 13.1 Å². The largest absolute Gasteiger partial charge is 0.324 e. The minimum atomic E-state index is -0.618. The summed E-state index contributed by atoms with van der Waals surface area (Å²) < 4.78 is 27.0. The Labute approximate surface area is 116 Å². The number of benzene rings is 1. The van der Waals surface area contributed by atoms with Crippen molar-refractivity contribution in [3.8, 4) is 0 Å². The summed E-state index contributed by atoms with van der Waals surface area (Å²) in [7, 11) is 0. The molecule has 102 valence electrons. The Balaban J connectivity index is 0.00000162. The van der Waals surface area contributed by atoms with Gasteiger partial charge in [-0.2, -0.15) is 0 Å². The zero-order chi connectivity index (χ0) is 12.4. The Kier molecular flexibility index (Phi) is 5.79. The van der Waals surface area contributed by atoms with E-state index >= 15 is 0 Å². The fraction of sp³-hybridized carbons (Fsp3) is 0.500. The number of hydrogen-bond donors (Lipinski definition) is 2. The van der Waals surface area contributed by atoms with Crippen LogP contribution in [0.1, 0.15) is 24.4 Å². The van der Waals surface area contributed by atoms with Crippen LogP contribution in [0.15, 0.2) is 12.1 Å². The molecule has 0 spiro atoms. The minimum absolute atomic E-state index is 0. The molecular formula is C12H16Cl2F2N2. The summed E-state index contributed by atoms with van der Waals surface area (Å²) in [5.41, 5.74) is 6.13. The summed E-state index contributed by atoms with van der Waals surface area (Å²) in [4.78, 5) is 0. The highest BCUT2D eigenvalue weighted by Crippen LogP contribution is 2.34. The highest BCUT2D eigenvalue weighted by molar-refractivity contribution is 6.31. The van der Waals surface area contributed by atoms with Gasteiger partial charge in [0.2, 0.25) is 0 Å². The van der Waals surface area contributed by atoms with Gasteiger partial charge in [0.25, 0.3) is 0 Å². The van der Waals surface area contributed by atoms with E-state index in [0.717, 1.165) is 38.1 Å². The van der Waals surface area contributed by atoms with Crippen LogP contribution in [-0.2, 0) is 0 Å². The van der Waals surface area contributed by atoms with Gasteiger partial charge in [0.1, 0.15) is 11.6 Å². The summed E-state index contributed by atoms with van der Waals surface area (Å²) in [5.74, 6) is -1.00. The van der Waals surface area contributed by atoms with Crippen molar-refractivity contribution in [1.29, 1.82) is 0 Å². The van der Waals surface area contributed by atoms with Gasteiger partial charge in [0.05, 0.1) is 5.02 Å². The van der Waals surface area contributed by atoms with Crippen LogP contribution < -0.4 is 11.1 Å². The molecule has 6 heteroatoms. The Bertz CT molecular complexity index is 409. The number of piperidine rings is 1. The monoisotopic (exact) mass is 296 g/mol. The number of hydrogen-bond acceptors (Lipinski definition) is 2. The van der Waals surface area contributed by atoms with Gasteiger partial charge in [-0.25, -0.2) is 8.78 Å². The van der Waals surface area contributed by atoms with Crippen LogP contribution in [0.3, 0.4) is 0 Å². The second-order valence-corrected chi connectivity index (χ2v) is 4.75. The first-order chi connectivity index (χ1) is 8.11. The first-order valence-electron chi connectivity index (χ1n) is 5.71. The fourth-order valence-corrected chi connectivity index (χ4v) is 2.57. The SMILES string of the molecule is Cl.N[C@@H](c1c(F)ccc(F)c1Cl)C1CCNCC1. The average Bonchev–Trinajstić information content (AvgIpc) is 2.35.